The van der Waals surface area contributed by atoms with Crippen molar-refractivity contribution in [1.29, 1.82) is 0 Å². The molecule has 5 nitrogen and oxygen atoms in total. The van der Waals surface area contributed by atoms with Gasteiger partial charge >= 0.3 is 0 Å². The quantitative estimate of drug-likeness (QED) is 0.646. The summed E-state index contributed by atoms with van der Waals surface area (Å²) in [5.41, 5.74) is 0.607. The van der Waals surface area contributed by atoms with Crippen molar-refractivity contribution in [1.82, 2.24) is 0 Å². The molecule has 1 aromatic rings. The van der Waals surface area contributed by atoms with Crippen LogP contribution in [0.4, 0.5) is 11.4 Å². The number of methoxy groups -OCH3 is 1. The molecule has 0 saturated heterocycles. The van der Waals surface area contributed by atoms with Crippen molar-refractivity contribution in [3.8, 4) is 5.75 Å². The number of hydrogen-bond acceptors (Lipinski definition) is 4. The van der Waals surface area contributed by atoms with E-state index in [2.05, 4.69) is 26.1 Å². The molecular weight excluding hydrogens is 220 g/mol. The smallest absolute Gasteiger partial charge is 0.292 e. The summed E-state index contributed by atoms with van der Waals surface area (Å²) in [6.07, 6.45) is 0. The summed E-state index contributed by atoms with van der Waals surface area (Å²) in [7, 11) is 1.54. The molecule has 0 aliphatic heterocycles. The molecule has 0 radical (unpaired) electrons. The molecule has 0 amide bonds. The van der Waals surface area contributed by atoms with E-state index in [4.69, 9.17) is 4.74 Å². The fourth-order valence-electron chi connectivity index (χ4n) is 1.30. The Bertz CT molecular complexity index is 411. The van der Waals surface area contributed by atoms with Gasteiger partial charge in [-0.3, -0.25) is 10.1 Å². The van der Waals surface area contributed by atoms with Gasteiger partial charge in [0.2, 0.25) is 0 Å². The molecule has 0 aliphatic rings. The molecule has 0 unspecified atom stereocenters. The number of nitrogens with zero attached hydrogens (tertiary/aromatic N) is 1. The molecule has 0 atom stereocenters. The van der Waals surface area contributed by atoms with Crippen LogP contribution in [-0.4, -0.2) is 18.6 Å². The highest BCUT2D eigenvalue weighted by molar-refractivity contribution is 5.64. The first-order valence-corrected chi connectivity index (χ1v) is 5.40. The Labute approximate surface area is 101 Å². The minimum atomic E-state index is -0.398. The van der Waals surface area contributed by atoms with E-state index in [1.807, 2.05) is 0 Å². The van der Waals surface area contributed by atoms with Crippen molar-refractivity contribution in [2.75, 3.05) is 19.0 Å². The summed E-state index contributed by atoms with van der Waals surface area (Å²) >= 11 is 0. The molecule has 1 N–H and O–H groups in total. The highest BCUT2D eigenvalue weighted by atomic mass is 16.6. The third kappa shape index (κ3) is 3.94. The number of hydrogen-bond donors (Lipinski definition) is 1. The zero-order valence-corrected chi connectivity index (χ0v) is 10.6. The number of rotatable bonds is 4. The lowest BCUT2D eigenvalue weighted by atomic mass is 9.97. The highest BCUT2D eigenvalue weighted by Crippen LogP contribution is 2.29. The van der Waals surface area contributed by atoms with Gasteiger partial charge in [0.25, 0.3) is 5.69 Å². The number of anilines is 1. The molecule has 0 aliphatic carbocycles. The van der Waals surface area contributed by atoms with Crippen molar-refractivity contribution in [2.45, 2.75) is 20.8 Å². The standard InChI is InChI=1S/C12H18N2O3/c1-12(2,3)8-13-10-7-9(17-4)5-6-11(10)14(15)16/h5-7,13H,8H2,1-4H3. The van der Waals surface area contributed by atoms with E-state index in [0.717, 1.165) is 0 Å². The van der Waals surface area contributed by atoms with Crippen LogP contribution in [0.3, 0.4) is 0 Å². The third-order valence-corrected chi connectivity index (χ3v) is 2.21. The first kappa shape index (κ1) is 13.3. The lowest BCUT2D eigenvalue weighted by Crippen LogP contribution is -2.19. The molecule has 0 saturated carbocycles. The fraction of sp³-hybridized carbons (Fsp3) is 0.500. The Kier molecular flexibility index (Phi) is 3.93. The van der Waals surface area contributed by atoms with Gasteiger partial charge in [0.1, 0.15) is 11.4 Å². The average molecular weight is 238 g/mol. The highest BCUT2D eigenvalue weighted by Gasteiger charge is 2.17. The number of nitrogens with one attached hydrogen (secondary N) is 1. The molecular formula is C12H18N2O3. The van der Waals surface area contributed by atoms with Gasteiger partial charge < -0.3 is 10.1 Å². The van der Waals surface area contributed by atoms with Crippen LogP contribution in [-0.2, 0) is 0 Å². The van der Waals surface area contributed by atoms with Crippen LogP contribution in [0.5, 0.6) is 5.75 Å². The summed E-state index contributed by atoms with van der Waals surface area (Å²) in [6.45, 7) is 6.84. The van der Waals surface area contributed by atoms with Gasteiger partial charge in [-0.25, -0.2) is 0 Å². The molecule has 94 valence electrons. The maximum atomic E-state index is 10.9. The minimum Gasteiger partial charge on any atom is -0.497 e. The second-order valence-electron chi connectivity index (χ2n) is 5.05. The number of nitro benzene ring substituents is 1. The van der Waals surface area contributed by atoms with Gasteiger partial charge in [0, 0.05) is 18.7 Å². The van der Waals surface area contributed by atoms with E-state index in [-0.39, 0.29) is 11.1 Å². The van der Waals surface area contributed by atoms with Gasteiger partial charge in [0.15, 0.2) is 0 Å². The molecule has 0 spiro atoms. The van der Waals surface area contributed by atoms with E-state index in [0.29, 0.717) is 18.0 Å². The number of nitro groups is 1. The van der Waals surface area contributed by atoms with E-state index >= 15 is 0 Å². The summed E-state index contributed by atoms with van der Waals surface area (Å²) in [5.74, 6) is 0.604. The summed E-state index contributed by atoms with van der Waals surface area (Å²) < 4.78 is 5.06. The first-order chi connectivity index (χ1) is 7.83. The zero-order chi connectivity index (χ0) is 13.1. The van der Waals surface area contributed by atoms with Crippen LogP contribution in [0.2, 0.25) is 0 Å². The number of benzene rings is 1. The summed E-state index contributed by atoms with van der Waals surface area (Å²) in [5, 5.41) is 14.0. The molecule has 1 aromatic carbocycles. The Hall–Kier alpha value is -1.78. The second kappa shape index (κ2) is 5.03. The van der Waals surface area contributed by atoms with Gasteiger partial charge in [-0.15, -0.1) is 0 Å². The fourth-order valence-corrected chi connectivity index (χ4v) is 1.30. The molecule has 0 bridgehead atoms. The molecule has 0 aromatic heterocycles. The van der Waals surface area contributed by atoms with E-state index in [9.17, 15) is 10.1 Å². The van der Waals surface area contributed by atoms with Crippen LogP contribution in [0.25, 0.3) is 0 Å². The lowest BCUT2D eigenvalue weighted by molar-refractivity contribution is -0.384. The Morgan fingerprint density at radius 1 is 1.41 bits per heavy atom. The Balaban J connectivity index is 2.97. The monoisotopic (exact) mass is 238 g/mol. The van der Waals surface area contributed by atoms with Crippen molar-refractivity contribution in [2.24, 2.45) is 5.41 Å². The largest absolute Gasteiger partial charge is 0.497 e. The van der Waals surface area contributed by atoms with Crippen LogP contribution in [0.15, 0.2) is 18.2 Å². The Morgan fingerprint density at radius 2 is 2.06 bits per heavy atom. The Morgan fingerprint density at radius 3 is 2.53 bits per heavy atom. The molecule has 17 heavy (non-hydrogen) atoms. The molecule has 5 heteroatoms. The van der Waals surface area contributed by atoms with Crippen molar-refractivity contribution >= 4 is 11.4 Å². The predicted molar refractivity (Wildman–Crippen MR) is 67.6 cm³/mol. The van der Waals surface area contributed by atoms with Gasteiger partial charge in [-0.2, -0.15) is 0 Å². The van der Waals surface area contributed by atoms with Crippen molar-refractivity contribution in [3.63, 3.8) is 0 Å². The maximum absolute atomic E-state index is 10.9. The molecule has 0 fully saturated rings. The lowest BCUT2D eigenvalue weighted by Gasteiger charge is -2.19. The third-order valence-electron chi connectivity index (χ3n) is 2.21. The minimum absolute atomic E-state index is 0.0525. The summed E-state index contributed by atoms with van der Waals surface area (Å²) in [4.78, 5) is 10.5. The van der Waals surface area contributed by atoms with Gasteiger partial charge in [-0.05, 0) is 11.5 Å². The van der Waals surface area contributed by atoms with E-state index in [1.54, 1.807) is 12.1 Å². The van der Waals surface area contributed by atoms with Gasteiger partial charge in [0.05, 0.1) is 12.0 Å². The topological polar surface area (TPSA) is 64.4 Å². The van der Waals surface area contributed by atoms with Crippen molar-refractivity contribution < 1.29 is 9.66 Å². The average Bonchev–Trinajstić information content (AvgIpc) is 2.24. The van der Waals surface area contributed by atoms with Crippen molar-refractivity contribution in [3.05, 3.63) is 28.3 Å². The van der Waals surface area contributed by atoms with Crippen LogP contribution >= 0.6 is 0 Å². The van der Waals surface area contributed by atoms with Crippen LogP contribution < -0.4 is 10.1 Å². The second-order valence-corrected chi connectivity index (χ2v) is 5.05. The van der Waals surface area contributed by atoms with Crippen LogP contribution in [0, 0.1) is 15.5 Å². The predicted octanol–water partition coefficient (Wildman–Crippen LogP) is 3.06. The molecule has 1 rings (SSSR count). The van der Waals surface area contributed by atoms with Gasteiger partial charge in [-0.1, -0.05) is 20.8 Å². The van der Waals surface area contributed by atoms with E-state index in [1.165, 1.54) is 13.2 Å². The first-order valence-electron chi connectivity index (χ1n) is 5.40. The summed E-state index contributed by atoms with van der Waals surface area (Å²) in [6, 6.07) is 4.67. The number of ether oxygens (including phenoxy) is 1. The maximum Gasteiger partial charge on any atom is 0.292 e. The molecule has 0 heterocycles. The SMILES string of the molecule is COc1ccc([N+](=O)[O-])c(NCC(C)(C)C)c1. The normalized spacial score (nSPS) is 11.1. The van der Waals surface area contributed by atoms with E-state index < -0.39 is 4.92 Å². The zero-order valence-electron chi connectivity index (χ0n) is 10.6. The van der Waals surface area contributed by atoms with Crippen LogP contribution in [0.1, 0.15) is 20.8 Å².